The highest BCUT2D eigenvalue weighted by Gasteiger charge is 2.13. The van der Waals surface area contributed by atoms with Crippen molar-refractivity contribution in [3.05, 3.63) is 12.0 Å². The van der Waals surface area contributed by atoms with Crippen molar-refractivity contribution in [3.63, 3.8) is 0 Å². The van der Waals surface area contributed by atoms with E-state index >= 15 is 0 Å². The number of ether oxygens (including phenoxy) is 3. The molecule has 6 nitrogen and oxygen atoms in total. The summed E-state index contributed by atoms with van der Waals surface area (Å²) in [6, 6.07) is 0. The lowest BCUT2D eigenvalue weighted by Crippen LogP contribution is -2.13. The summed E-state index contributed by atoms with van der Waals surface area (Å²) in [6.45, 7) is 6.62. The highest BCUT2D eigenvalue weighted by atomic mass is 16.6. The van der Waals surface area contributed by atoms with Gasteiger partial charge in [-0.2, -0.15) is 0 Å². The van der Waals surface area contributed by atoms with Crippen molar-refractivity contribution in [1.82, 2.24) is 0 Å². The average molecular weight is 889 g/mol. The van der Waals surface area contributed by atoms with E-state index in [-0.39, 0.29) is 30.3 Å². The minimum atomic E-state index is -0.368. The summed E-state index contributed by atoms with van der Waals surface area (Å²) in [5.74, 6) is -0.925. The monoisotopic (exact) mass is 889 g/mol. The topological polar surface area (TPSA) is 78.9 Å². The van der Waals surface area contributed by atoms with Crippen LogP contribution in [0.25, 0.3) is 0 Å². The zero-order valence-corrected chi connectivity index (χ0v) is 42.7. The number of carbonyl (C=O) groups is 3. The molecule has 0 aliphatic rings. The van der Waals surface area contributed by atoms with Gasteiger partial charge in [0, 0.05) is 19.3 Å². The molecule has 0 aromatic heterocycles. The fourth-order valence-corrected chi connectivity index (χ4v) is 8.62. The zero-order valence-electron chi connectivity index (χ0n) is 42.7. The molecule has 0 radical (unpaired) electrons. The molecule has 0 fully saturated rings. The van der Waals surface area contributed by atoms with E-state index in [0.29, 0.717) is 19.3 Å². The molecule has 0 bridgehead atoms. The van der Waals surface area contributed by atoms with Gasteiger partial charge < -0.3 is 14.2 Å². The molecule has 372 valence electrons. The third kappa shape index (κ3) is 51.0. The van der Waals surface area contributed by atoms with Crippen LogP contribution < -0.4 is 0 Å². The average Bonchev–Trinajstić information content (AvgIpc) is 3.28. The minimum absolute atomic E-state index is 0.0932. The Bertz CT molecular complexity index is 991. The molecular weight excluding hydrogens is 781 g/mol. The van der Waals surface area contributed by atoms with Gasteiger partial charge in [0.25, 0.3) is 0 Å². The Morgan fingerprint density at radius 2 is 0.508 bits per heavy atom. The van der Waals surface area contributed by atoms with Crippen LogP contribution in [-0.2, 0) is 28.6 Å². The van der Waals surface area contributed by atoms with Gasteiger partial charge in [-0.3, -0.25) is 14.4 Å². The van der Waals surface area contributed by atoms with Gasteiger partial charge in [-0.05, 0) is 19.3 Å². The lowest BCUT2D eigenvalue weighted by atomic mass is 10.0. The Morgan fingerprint density at radius 3 is 0.778 bits per heavy atom. The summed E-state index contributed by atoms with van der Waals surface area (Å²) in [5.41, 5.74) is 0. The molecule has 0 unspecified atom stereocenters. The molecule has 0 atom stereocenters. The van der Waals surface area contributed by atoms with Crippen LogP contribution in [0.5, 0.6) is 0 Å². The Kier molecular flexibility index (Phi) is 51.2. The van der Waals surface area contributed by atoms with Crippen LogP contribution in [0.2, 0.25) is 0 Å². The molecule has 0 aliphatic heterocycles. The first-order valence-electron chi connectivity index (χ1n) is 28.3. The second kappa shape index (κ2) is 52.8. The molecule has 0 amide bonds. The summed E-state index contributed by atoms with van der Waals surface area (Å²) >= 11 is 0. The highest BCUT2D eigenvalue weighted by Crippen LogP contribution is 2.18. The van der Waals surface area contributed by atoms with Crippen LogP contribution >= 0.6 is 0 Å². The summed E-state index contributed by atoms with van der Waals surface area (Å²) in [4.78, 5) is 38.0. The number of carbonyl (C=O) groups excluding carboxylic acids is 3. The number of rotatable bonds is 52. The second-order valence-electron chi connectivity index (χ2n) is 19.3. The first kappa shape index (κ1) is 61.1. The molecule has 0 aromatic rings. The van der Waals surface area contributed by atoms with Crippen molar-refractivity contribution in [2.75, 3.05) is 6.61 Å². The van der Waals surface area contributed by atoms with Gasteiger partial charge >= 0.3 is 17.9 Å². The van der Waals surface area contributed by atoms with Gasteiger partial charge in [0.15, 0.2) is 12.4 Å². The van der Waals surface area contributed by atoms with Crippen molar-refractivity contribution >= 4 is 17.9 Å². The molecule has 0 aromatic carbocycles. The molecule has 0 spiro atoms. The predicted octanol–water partition coefficient (Wildman–Crippen LogP) is 19.2. The van der Waals surface area contributed by atoms with Gasteiger partial charge in [-0.25, -0.2) is 0 Å². The van der Waals surface area contributed by atoms with Crippen LogP contribution in [0.1, 0.15) is 329 Å². The lowest BCUT2D eigenvalue weighted by Gasteiger charge is -2.10. The third-order valence-corrected chi connectivity index (χ3v) is 12.9. The van der Waals surface area contributed by atoms with E-state index in [9.17, 15) is 14.4 Å². The molecule has 6 heteroatoms. The molecule has 63 heavy (non-hydrogen) atoms. The van der Waals surface area contributed by atoms with Crippen LogP contribution in [-0.4, -0.2) is 24.5 Å². The third-order valence-electron chi connectivity index (χ3n) is 12.9. The van der Waals surface area contributed by atoms with Gasteiger partial charge in [0.1, 0.15) is 6.26 Å². The number of hydrogen-bond acceptors (Lipinski definition) is 6. The Hall–Kier alpha value is -1.85. The predicted molar refractivity (Wildman–Crippen MR) is 270 cm³/mol. The van der Waals surface area contributed by atoms with Gasteiger partial charge in [0.05, 0.1) is 0 Å². The van der Waals surface area contributed by atoms with E-state index < -0.39 is 0 Å². The SMILES string of the molecule is CCCCCCCCCCCCCCCCCC(=O)OC=C(COC(=O)CCCCCCCCCCCCCCCCC)OC(=O)CCCCCCCCCCCCCCCCC. The van der Waals surface area contributed by atoms with Crippen molar-refractivity contribution in [2.45, 2.75) is 329 Å². The van der Waals surface area contributed by atoms with Crippen LogP contribution in [0.15, 0.2) is 12.0 Å². The van der Waals surface area contributed by atoms with Gasteiger partial charge in [-0.15, -0.1) is 0 Å². The van der Waals surface area contributed by atoms with E-state index in [0.717, 1.165) is 57.8 Å². The smallest absolute Gasteiger partial charge is 0.311 e. The number of unbranched alkanes of at least 4 members (excludes halogenated alkanes) is 42. The number of esters is 3. The normalized spacial score (nSPS) is 11.6. The van der Waals surface area contributed by atoms with E-state index in [4.69, 9.17) is 14.2 Å². The van der Waals surface area contributed by atoms with E-state index in [1.54, 1.807) is 0 Å². The first-order valence-corrected chi connectivity index (χ1v) is 28.3. The molecule has 0 heterocycles. The maximum atomic E-state index is 12.8. The number of hydrogen-bond donors (Lipinski definition) is 0. The molecule has 0 saturated carbocycles. The summed E-state index contributed by atoms with van der Waals surface area (Å²) in [7, 11) is 0. The van der Waals surface area contributed by atoms with Crippen molar-refractivity contribution < 1.29 is 28.6 Å². The van der Waals surface area contributed by atoms with Crippen molar-refractivity contribution in [2.24, 2.45) is 0 Å². The zero-order chi connectivity index (χ0) is 45.8. The fourth-order valence-electron chi connectivity index (χ4n) is 8.62. The highest BCUT2D eigenvalue weighted by molar-refractivity contribution is 5.72. The molecule has 0 saturated heterocycles. The summed E-state index contributed by atoms with van der Waals surface area (Å²) in [6.07, 6.45) is 59.5. The van der Waals surface area contributed by atoms with E-state index in [1.807, 2.05) is 0 Å². The molecule has 0 rings (SSSR count). The van der Waals surface area contributed by atoms with Crippen LogP contribution in [0, 0.1) is 0 Å². The molecule has 0 N–H and O–H groups in total. The maximum Gasteiger partial charge on any atom is 0.311 e. The first-order chi connectivity index (χ1) is 31.0. The Balaban J connectivity index is 4.37. The summed E-state index contributed by atoms with van der Waals surface area (Å²) < 4.78 is 16.5. The van der Waals surface area contributed by atoms with Gasteiger partial charge in [0.2, 0.25) is 0 Å². The standard InChI is InChI=1S/C57H108O6/c1-4-7-10-13-16-19-22-25-28-31-34-37-40-43-46-49-55(58)61-52-54(63-57(60)51-48-45-42-39-36-33-30-27-24-21-18-15-12-9-6-3)53-62-56(59)50-47-44-41-38-35-32-29-26-23-20-17-14-11-8-5-2/h52H,4-51,53H2,1-3H3. The van der Waals surface area contributed by atoms with Crippen molar-refractivity contribution in [3.8, 4) is 0 Å². The van der Waals surface area contributed by atoms with E-state index in [1.165, 1.54) is 237 Å². The van der Waals surface area contributed by atoms with Crippen LogP contribution in [0.4, 0.5) is 0 Å². The van der Waals surface area contributed by atoms with Crippen molar-refractivity contribution in [1.29, 1.82) is 0 Å². The quantitative estimate of drug-likeness (QED) is 0.0262. The van der Waals surface area contributed by atoms with Gasteiger partial charge in [-0.1, -0.05) is 290 Å². The fraction of sp³-hybridized carbons (Fsp3) is 0.912. The maximum absolute atomic E-state index is 12.8. The summed E-state index contributed by atoms with van der Waals surface area (Å²) in [5, 5.41) is 0. The lowest BCUT2D eigenvalue weighted by molar-refractivity contribution is -0.148. The van der Waals surface area contributed by atoms with E-state index in [2.05, 4.69) is 20.8 Å². The largest absolute Gasteiger partial charge is 0.457 e. The second-order valence-corrected chi connectivity index (χ2v) is 19.3. The Morgan fingerprint density at radius 1 is 0.286 bits per heavy atom. The minimum Gasteiger partial charge on any atom is -0.457 e. The van der Waals surface area contributed by atoms with Crippen LogP contribution in [0.3, 0.4) is 0 Å². The Labute approximate surface area is 392 Å². The molecular formula is C57H108O6. The molecule has 0 aliphatic carbocycles.